The smallest absolute Gasteiger partial charge is 0.240 e. The molecule has 6 nitrogen and oxygen atoms in total. The monoisotopic (exact) mass is 319 g/mol. The van der Waals surface area contributed by atoms with E-state index in [1.54, 1.807) is 37.5 Å². The highest BCUT2D eigenvalue weighted by molar-refractivity contribution is 8.15. The summed E-state index contributed by atoms with van der Waals surface area (Å²) in [7, 11) is 1.56. The number of thioether (sulfide) groups is 1. The minimum absolute atomic E-state index is 0.0841. The number of hydrogen-bond acceptors (Lipinski definition) is 5. The van der Waals surface area contributed by atoms with Crippen molar-refractivity contribution in [3.8, 4) is 5.75 Å². The Labute approximate surface area is 133 Å². The maximum atomic E-state index is 12.0. The van der Waals surface area contributed by atoms with Crippen LogP contribution in [0.3, 0.4) is 0 Å². The Hall–Kier alpha value is -2.28. The molecule has 0 unspecified atom stereocenters. The number of benzene rings is 1. The molecule has 0 spiro atoms. The van der Waals surface area contributed by atoms with Gasteiger partial charge in [-0.25, -0.2) is 0 Å². The summed E-state index contributed by atoms with van der Waals surface area (Å²) < 4.78 is 5.10. The number of amidine groups is 1. The van der Waals surface area contributed by atoms with Crippen LogP contribution in [0.5, 0.6) is 5.75 Å². The topological polar surface area (TPSA) is 79.8 Å². The van der Waals surface area contributed by atoms with E-state index < -0.39 is 5.25 Å². The summed E-state index contributed by atoms with van der Waals surface area (Å²) in [5, 5.41) is 5.47. The summed E-state index contributed by atoms with van der Waals surface area (Å²) in [6, 6.07) is 7.06. The SMILES string of the molecule is C=CCN=C1NC(=O)[C@H](CC(=O)Nc2cccc(OC)c2)S1. The number of amides is 2. The van der Waals surface area contributed by atoms with Crippen molar-refractivity contribution in [1.29, 1.82) is 0 Å². The molecule has 7 heteroatoms. The number of rotatable bonds is 6. The maximum absolute atomic E-state index is 12.0. The predicted molar refractivity (Wildman–Crippen MR) is 88.3 cm³/mol. The Bertz CT molecular complexity index is 616. The number of nitrogens with zero attached hydrogens (tertiary/aromatic N) is 1. The molecule has 1 aliphatic rings. The van der Waals surface area contributed by atoms with Gasteiger partial charge in [-0.1, -0.05) is 23.9 Å². The molecule has 0 radical (unpaired) electrons. The molecular formula is C15H17N3O3S. The van der Waals surface area contributed by atoms with Crippen molar-refractivity contribution in [3.05, 3.63) is 36.9 Å². The van der Waals surface area contributed by atoms with Gasteiger partial charge in [-0.05, 0) is 12.1 Å². The zero-order valence-corrected chi connectivity index (χ0v) is 13.0. The minimum atomic E-state index is -0.464. The molecule has 1 aliphatic heterocycles. The van der Waals surface area contributed by atoms with Crippen molar-refractivity contribution >= 4 is 34.4 Å². The second kappa shape index (κ2) is 7.65. The molecule has 1 fully saturated rings. The normalized spacial score (nSPS) is 18.9. The van der Waals surface area contributed by atoms with E-state index in [0.717, 1.165) is 0 Å². The van der Waals surface area contributed by atoms with Crippen LogP contribution in [0.1, 0.15) is 6.42 Å². The first kappa shape index (κ1) is 16.1. The molecule has 1 saturated heterocycles. The molecule has 1 atom stereocenters. The van der Waals surface area contributed by atoms with E-state index in [-0.39, 0.29) is 18.2 Å². The van der Waals surface area contributed by atoms with E-state index in [2.05, 4.69) is 22.2 Å². The molecule has 1 aromatic rings. The zero-order chi connectivity index (χ0) is 15.9. The second-order valence-electron chi connectivity index (χ2n) is 4.51. The summed E-state index contributed by atoms with van der Waals surface area (Å²) >= 11 is 1.26. The first-order valence-electron chi connectivity index (χ1n) is 6.69. The van der Waals surface area contributed by atoms with Crippen molar-refractivity contribution in [3.63, 3.8) is 0 Å². The Morgan fingerprint density at radius 1 is 1.59 bits per heavy atom. The van der Waals surface area contributed by atoms with Gasteiger partial charge in [0, 0.05) is 18.2 Å². The number of carbonyl (C=O) groups is 2. The molecular weight excluding hydrogens is 302 g/mol. The fourth-order valence-electron chi connectivity index (χ4n) is 1.84. The molecule has 0 aromatic heterocycles. The fraction of sp³-hybridized carbons (Fsp3) is 0.267. The van der Waals surface area contributed by atoms with Crippen molar-refractivity contribution in [2.45, 2.75) is 11.7 Å². The number of carbonyl (C=O) groups excluding carboxylic acids is 2. The van der Waals surface area contributed by atoms with Crippen molar-refractivity contribution in [2.24, 2.45) is 4.99 Å². The molecule has 1 heterocycles. The molecule has 2 amide bonds. The fourth-order valence-corrected chi connectivity index (χ4v) is 2.82. The minimum Gasteiger partial charge on any atom is -0.497 e. The Balaban J connectivity index is 1.91. The third-order valence-corrected chi connectivity index (χ3v) is 3.98. The molecule has 1 aromatic carbocycles. The van der Waals surface area contributed by atoms with Crippen molar-refractivity contribution < 1.29 is 14.3 Å². The lowest BCUT2D eigenvalue weighted by atomic mass is 10.2. The van der Waals surface area contributed by atoms with E-state index in [0.29, 0.717) is 23.1 Å². The predicted octanol–water partition coefficient (Wildman–Crippen LogP) is 1.80. The van der Waals surface area contributed by atoms with Gasteiger partial charge in [0.15, 0.2) is 5.17 Å². The lowest BCUT2D eigenvalue weighted by molar-refractivity contribution is -0.122. The summed E-state index contributed by atoms with van der Waals surface area (Å²) in [4.78, 5) is 28.0. The number of aliphatic imine (C=N–C) groups is 1. The van der Waals surface area contributed by atoms with Gasteiger partial charge < -0.3 is 15.4 Å². The summed E-state index contributed by atoms with van der Waals surface area (Å²) in [6.45, 7) is 4.00. The van der Waals surface area contributed by atoms with Gasteiger partial charge in [0.1, 0.15) is 11.0 Å². The molecule has 22 heavy (non-hydrogen) atoms. The Morgan fingerprint density at radius 2 is 2.41 bits per heavy atom. The number of methoxy groups -OCH3 is 1. The molecule has 2 N–H and O–H groups in total. The van der Waals surface area contributed by atoms with E-state index in [1.807, 2.05) is 0 Å². The highest BCUT2D eigenvalue weighted by Crippen LogP contribution is 2.23. The van der Waals surface area contributed by atoms with Gasteiger partial charge >= 0.3 is 0 Å². The quantitative estimate of drug-likeness (QED) is 0.784. The van der Waals surface area contributed by atoms with Gasteiger partial charge in [-0.3, -0.25) is 14.6 Å². The van der Waals surface area contributed by atoms with E-state index in [4.69, 9.17) is 4.74 Å². The number of nitrogens with one attached hydrogen (secondary N) is 2. The maximum Gasteiger partial charge on any atom is 0.240 e. The van der Waals surface area contributed by atoms with Crippen LogP contribution in [-0.4, -0.2) is 35.9 Å². The van der Waals surface area contributed by atoms with E-state index >= 15 is 0 Å². The van der Waals surface area contributed by atoms with Crippen LogP contribution in [-0.2, 0) is 9.59 Å². The molecule has 2 rings (SSSR count). The van der Waals surface area contributed by atoms with Gasteiger partial charge in [-0.15, -0.1) is 6.58 Å². The van der Waals surface area contributed by atoms with Crippen LogP contribution in [0.25, 0.3) is 0 Å². The molecule has 0 saturated carbocycles. The lowest BCUT2D eigenvalue weighted by Gasteiger charge is -2.08. The number of ether oxygens (including phenoxy) is 1. The summed E-state index contributed by atoms with van der Waals surface area (Å²) in [6.07, 6.45) is 1.73. The first-order valence-corrected chi connectivity index (χ1v) is 7.57. The Kier molecular flexibility index (Phi) is 5.60. The van der Waals surface area contributed by atoms with Crippen molar-refractivity contribution in [1.82, 2.24) is 5.32 Å². The standard InChI is InChI=1S/C15H17N3O3S/c1-3-7-16-15-18-14(20)12(22-15)9-13(19)17-10-5-4-6-11(8-10)21-2/h3-6,8,12H,1,7,9H2,2H3,(H,17,19)(H,16,18,20)/t12-/m0/s1. The molecule has 0 aliphatic carbocycles. The van der Waals surface area contributed by atoms with Crippen LogP contribution in [0.4, 0.5) is 5.69 Å². The lowest BCUT2D eigenvalue weighted by Crippen LogP contribution is -2.28. The largest absolute Gasteiger partial charge is 0.497 e. The second-order valence-corrected chi connectivity index (χ2v) is 5.71. The third kappa shape index (κ3) is 4.36. The first-order chi connectivity index (χ1) is 10.6. The average molecular weight is 319 g/mol. The molecule has 116 valence electrons. The number of hydrogen-bond donors (Lipinski definition) is 2. The highest BCUT2D eigenvalue weighted by atomic mass is 32.2. The van der Waals surface area contributed by atoms with Crippen LogP contribution in [0.2, 0.25) is 0 Å². The van der Waals surface area contributed by atoms with E-state index in [9.17, 15) is 9.59 Å². The summed E-state index contributed by atoms with van der Waals surface area (Å²) in [5.74, 6) is 0.226. The third-order valence-electron chi connectivity index (χ3n) is 2.86. The highest BCUT2D eigenvalue weighted by Gasteiger charge is 2.31. The number of anilines is 1. The Morgan fingerprint density at radius 3 is 3.14 bits per heavy atom. The van der Waals surface area contributed by atoms with Crippen molar-refractivity contribution in [2.75, 3.05) is 19.0 Å². The van der Waals surface area contributed by atoms with Crippen LogP contribution < -0.4 is 15.4 Å². The van der Waals surface area contributed by atoms with Crippen LogP contribution in [0, 0.1) is 0 Å². The zero-order valence-electron chi connectivity index (χ0n) is 12.2. The summed E-state index contributed by atoms with van der Waals surface area (Å²) in [5.41, 5.74) is 0.633. The van der Waals surface area contributed by atoms with Crippen LogP contribution >= 0.6 is 11.8 Å². The average Bonchev–Trinajstić information content (AvgIpc) is 2.85. The van der Waals surface area contributed by atoms with Gasteiger partial charge in [0.05, 0.1) is 13.7 Å². The van der Waals surface area contributed by atoms with E-state index in [1.165, 1.54) is 11.8 Å². The molecule has 0 bridgehead atoms. The van der Waals surface area contributed by atoms with Gasteiger partial charge in [0.25, 0.3) is 0 Å². The van der Waals surface area contributed by atoms with Crippen LogP contribution in [0.15, 0.2) is 41.9 Å². The van der Waals surface area contributed by atoms with Gasteiger partial charge in [0.2, 0.25) is 11.8 Å². The van der Waals surface area contributed by atoms with Gasteiger partial charge in [-0.2, -0.15) is 0 Å².